The fraction of sp³-hybridized carbons (Fsp3) is 0.500. The monoisotopic (exact) mass is 128 g/mol. The Balaban J connectivity index is 0.000000291. The Bertz CT molecular complexity index is 110. The molecule has 3 heteroatoms. The second kappa shape index (κ2) is 5.47. The van der Waals surface area contributed by atoms with E-state index >= 15 is 0 Å². The van der Waals surface area contributed by atoms with E-state index in [4.69, 9.17) is 0 Å². The van der Waals surface area contributed by atoms with Crippen LogP contribution in [0, 0.1) is 0 Å². The number of aldehydes is 1. The van der Waals surface area contributed by atoms with Gasteiger partial charge in [0, 0.05) is 18.7 Å². The lowest BCUT2D eigenvalue weighted by Gasteiger charge is -1.82. The smallest absolute Gasteiger partial charge is 0.147 e. The van der Waals surface area contributed by atoms with Crippen molar-refractivity contribution >= 4 is 6.29 Å². The summed E-state index contributed by atoms with van der Waals surface area (Å²) < 4.78 is 0. The normalized spacial score (nSPS) is 15.6. The highest BCUT2D eigenvalue weighted by atomic mass is 16.1. The van der Waals surface area contributed by atoms with Crippen LogP contribution in [0.25, 0.3) is 0 Å². The van der Waals surface area contributed by atoms with Gasteiger partial charge in [-0.2, -0.15) is 0 Å². The van der Waals surface area contributed by atoms with Crippen molar-refractivity contribution in [3.8, 4) is 0 Å². The predicted molar refractivity (Wildman–Crippen MR) is 37.1 cm³/mol. The number of carbonyl (C=O) groups is 1. The Kier molecular flexibility index (Phi) is 5.06. The summed E-state index contributed by atoms with van der Waals surface area (Å²) >= 11 is 0. The molecule has 3 N–H and O–H groups in total. The zero-order chi connectivity index (χ0) is 7.11. The highest BCUT2D eigenvalue weighted by Gasteiger charge is 1.98. The number of carbonyl (C=O) groups excluding carboxylic acids is 1. The Morgan fingerprint density at radius 3 is 2.67 bits per heavy atom. The molecule has 0 amide bonds. The molecule has 0 aromatic heterocycles. The van der Waals surface area contributed by atoms with Gasteiger partial charge in [-0.3, -0.25) is 4.79 Å². The van der Waals surface area contributed by atoms with E-state index in [0.717, 1.165) is 24.9 Å². The lowest BCUT2D eigenvalue weighted by Crippen LogP contribution is -2.07. The van der Waals surface area contributed by atoms with Crippen LogP contribution >= 0.6 is 0 Å². The summed E-state index contributed by atoms with van der Waals surface area (Å²) in [6.07, 6.45) is 2.78. The van der Waals surface area contributed by atoms with E-state index in [0.29, 0.717) is 0 Å². The van der Waals surface area contributed by atoms with Crippen molar-refractivity contribution in [3.63, 3.8) is 0 Å². The van der Waals surface area contributed by atoms with Crippen LogP contribution in [0.15, 0.2) is 11.6 Å². The van der Waals surface area contributed by atoms with Crippen molar-refractivity contribution in [2.24, 2.45) is 5.73 Å². The molecular weight excluding hydrogens is 116 g/mol. The number of hydrogen-bond donors (Lipinski definition) is 2. The van der Waals surface area contributed by atoms with E-state index in [9.17, 15) is 4.79 Å². The zero-order valence-corrected chi connectivity index (χ0v) is 5.55. The fourth-order valence-corrected chi connectivity index (χ4v) is 0.582. The molecule has 52 valence electrons. The van der Waals surface area contributed by atoms with Crippen LogP contribution in [0.1, 0.15) is 0 Å². The van der Waals surface area contributed by atoms with Gasteiger partial charge in [0.15, 0.2) is 0 Å². The van der Waals surface area contributed by atoms with Crippen LogP contribution in [-0.4, -0.2) is 26.4 Å². The highest BCUT2D eigenvalue weighted by molar-refractivity contribution is 5.74. The summed E-state index contributed by atoms with van der Waals surface area (Å²) in [5.74, 6) is 0. The minimum Gasteiger partial charge on any atom is -0.333 e. The third kappa shape index (κ3) is 3.00. The van der Waals surface area contributed by atoms with Gasteiger partial charge in [-0.05, 0) is 7.05 Å². The van der Waals surface area contributed by atoms with Crippen molar-refractivity contribution in [2.75, 3.05) is 20.1 Å². The standard InChI is InChI=1S/C5H7NO.CH5N/c7-4-5-1-2-6-3-5;1-2/h1,4,6H,2-3H2;2H2,1H3. The third-order valence-electron chi connectivity index (χ3n) is 0.989. The van der Waals surface area contributed by atoms with Crippen LogP contribution in [0.2, 0.25) is 0 Å². The molecule has 0 atom stereocenters. The van der Waals surface area contributed by atoms with Crippen molar-refractivity contribution in [1.82, 2.24) is 5.32 Å². The first-order valence-corrected chi connectivity index (χ1v) is 2.86. The van der Waals surface area contributed by atoms with Crippen molar-refractivity contribution in [1.29, 1.82) is 0 Å². The molecule has 1 heterocycles. The van der Waals surface area contributed by atoms with E-state index in [-0.39, 0.29) is 0 Å². The van der Waals surface area contributed by atoms with Gasteiger partial charge in [-0.1, -0.05) is 6.08 Å². The van der Waals surface area contributed by atoms with E-state index in [1.54, 1.807) is 0 Å². The Hall–Kier alpha value is -0.670. The lowest BCUT2D eigenvalue weighted by molar-refractivity contribution is -0.104. The second-order valence-corrected chi connectivity index (χ2v) is 1.53. The molecule has 1 aliphatic heterocycles. The molecule has 0 aromatic rings. The van der Waals surface area contributed by atoms with Crippen LogP contribution in [-0.2, 0) is 4.79 Å². The SMILES string of the molecule is CN.O=CC1=CCNC1. The number of hydrogen-bond acceptors (Lipinski definition) is 3. The molecule has 1 rings (SSSR count). The molecule has 0 radical (unpaired) electrons. The first kappa shape index (κ1) is 8.33. The largest absolute Gasteiger partial charge is 0.333 e. The van der Waals surface area contributed by atoms with Crippen LogP contribution < -0.4 is 11.1 Å². The van der Waals surface area contributed by atoms with E-state index < -0.39 is 0 Å². The molecule has 0 spiro atoms. The summed E-state index contributed by atoms with van der Waals surface area (Å²) in [7, 11) is 1.50. The molecule has 0 bridgehead atoms. The minimum absolute atomic E-state index is 0.753. The van der Waals surface area contributed by atoms with Crippen LogP contribution in [0.3, 0.4) is 0 Å². The minimum atomic E-state index is 0.753. The quantitative estimate of drug-likeness (QED) is 0.459. The van der Waals surface area contributed by atoms with Gasteiger partial charge in [0.1, 0.15) is 6.29 Å². The molecule has 0 saturated carbocycles. The molecule has 0 aromatic carbocycles. The van der Waals surface area contributed by atoms with Gasteiger partial charge >= 0.3 is 0 Å². The number of rotatable bonds is 1. The molecule has 9 heavy (non-hydrogen) atoms. The number of nitrogens with two attached hydrogens (primary N) is 1. The maximum atomic E-state index is 9.90. The molecule has 0 saturated heterocycles. The Morgan fingerprint density at radius 1 is 1.78 bits per heavy atom. The molecule has 1 aliphatic rings. The first-order chi connectivity index (χ1) is 4.43. The van der Waals surface area contributed by atoms with Gasteiger partial charge in [0.2, 0.25) is 0 Å². The molecule has 0 unspecified atom stereocenters. The third-order valence-corrected chi connectivity index (χ3v) is 0.989. The van der Waals surface area contributed by atoms with Gasteiger partial charge in [0.25, 0.3) is 0 Å². The van der Waals surface area contributed by atoms with Gasteiger partial charge in [-0.15, -0.1) is 0 Å². The molecule has 0 aliphatic carbocycles. The van der Waals surface area contributed by atoms with E-state index in [1.165, 1.54) is 7.05 Å². The average Bonchev–Trinajstić information content (AvgIpc) is 2.43. The van der Waals surface area contributed by atoms with Gasteiger partial charge < -0.3 is 11.1 Å². The first-order valence-electron chi connectivity index (χ1n) is 2.86. The van der Waals surface area contributed by atoms with E-state index in [1.807, 2.05) is 6.08 Å². The maximum absolute atomic E-state index is 9.90. The summed E-state index contributed by atoms with van der Waals surface area (Å²) in [5.41, 5.74) is 5.38. The predicted octanol–water partition coefficient (Wildman–Crippen LogP) is -0.710. The molecule has 0 fully saturated rings. The van der Waals surface area contributed by atoms with E-state index in [2.05, 4.69) is 11.1 Å². The van der Waals surface area contributed by atoms with Crippen LogP contribution in [0.4, 0.5) is 0 Å². The maximum Gasteiger partial charge on any atom is 0.147 e. The van der Waals surface area contributed by atoms with Gasteiger partial charge in [0.05, 0.1) is 0 Å². The lowest BCUT2D eigenvalue weighted by atomic mass is 10.3. The van der Waals surface area contributed by atoms with Crippen molar-refractivity contribution in [2.45, 2.75) is 0 Å². The number of nitrogens with one attached hydrogen (secondary N) is 1. The molecular formula is C6H12N2O. The molecule has 3 nitrogen and oxygen atoms in total. The zero-order valence-electron chi connectivity index (χ0n) is 5.55. The topological polar surface area (TPSA) is 55.1 Å². The average molecular weight is 128 g/mol. The van der Waals surface area contributed by atoms with Crippen molar-refractivity contribution < 1.29 is 4.79 Å². The summed E-state index contributed by atoms with van der Waals surface area (Å²) in [5, 5.41) is 3.00. The van der Waals surface area contributed by atoms with Gasteiger partial charge in [-0.25, -0.2) is 0 Å². The Labute approximate surface area is 54.9 Å². The Morgan fingerprint density at radius 2 is 2.44 bits per heavy atom. The summed E-state index contributed by atoms with van der Waals surface area (Å²) in [4.78, 5) is 9.90. The highest BCUT2D eigenvalue weighted by Crippen LogP contribution is 1.91. The summed E-state index contributed by atoms with van der Waals surface area (Å²) in [6.45, 7) is 1.61. The second-order valence-electron chi connectivity index (χ2n) is 1.53. The van der Waals surface area contributed by atoms with Crippen molar-refractivity contribution in [3.05, 3.63) is 11.6 Å². The summed E-state index contributed by atoms with van der Waals surface area (Å²) in [6, 6.07) is 0. The van der Waals surface area contributed by atoms with Crippen LogP contribution in [0.5, 0.6) is 0 Å². The fourth-order valence-electron chi connectivity index (χ4n) is 0.582.